The molecular weight excluding hydrogens is 263 g/mol. The van der Waals surface area contributed by atoms with Gasteiger partial charge in [0.15, 0.2) is 11.5 Å². The Morgan fingerprint density at radius 1 is 1.05 bits per heavy atom. The van der Waals surface area contributed by atoms with Crippen molar-refractivity contribution in [3.05, 3.63) is 23.5 Å². The molecule has 0 heterocycles. The van der Waals surface area contributed by atoms with Gasteiger partial charge in [0, 0.05) is 25.2 Å². The van der Waals surface area contributed by atoms with Crippen molar-refractivity contribution in [2.24, 2.45) is 5.92 Å². The van der Waals surface area contributed by atoms with E-state index in [0.717, 1.165) is 0 Å². The van der Waals surface area contributed by atoms with Crippen molar-refractivity contribution in [2.75, 3.05) is 26.4 Å². The highest BCUT2D eigenvalue weighted by Gasteiger charge is 2.14. The number of aliphatic hydroxyl groups excluding tert-OH is 2. The Morgan fingerprint density at radius 3 is 2.10 bits per heavy atom. The Balaban J connectivity index is 2.87. The Kier molecular flexibility index (Phi) is 7.33. The Morgan fingerprint density at radius 2 is 1.60 bits per heavy atom. The molecule has 0 saturated carbocycles. The predicted octanol–water partition coefficient (Wildman–Crippen LogP) is 2.16. The Labute approximate surface area is 119 Å². The molecule has 0 spiro atoms. The largest absolute Gasteiger partial charge is 0.490 e. The second kappa shape index (κ2) is 8.76. The van der Waals surface area contributed by atoms with E-state index in [2.05, 4.69) is 0 Å². The molecule has 4 nitrogen and oxygen atoms in total. The molecule has 1 rings (SSSR count). The number of aliphatic hydroxyl groups is 2. The molecule has 1 aromatic rings. The van der Waals surface area contributed by atoms with Crippen molar-refractivity contribution in [2.45, 2.75) is 26.7 Å². The van der Waals surface area contributed by atoms with Crippen LogP contribution in [0.5, 0.6) is 11.5 Å². The molecule has 0 fully saturated rings. The summed E-state index contributed by atoms with van der Waals surface area (Å²) in [5.41, 5.74) is 0.504. The smallest absolute Gasteiger partial charge is 0.164 e. The van der Waals surface area contributed by atoms with E-state index in [-0.39, 0.29) is 24.9 Å². The molecule has 0 saturated heterocycles. The molecule has 0 amide bonds. The van der Waals surface area contributed by atoms with Gasteiger partial charge in [-0.05, 0) is 38.3 Å². The SMILES string of the molecule is CCOc1cc(F)c(CCC(CO)CO)cc1OCC. The van der Waals surface area contributed by atoms with Gasteiger partial charge in [-0.3, -0.25) is 0 Å². The summed E-state index contributed by atoms with van der Waals surface area (Å²) in [6.07, 6.45) is 0.952. The fourth-order valence-corrected chi connectivity index (χ4v) is 1.91. The van der Waals surface area contributed by atoms with Crippen molar-refractivity contribution in [3.8, 4) is 11.5 Å². The van der Waals surface area contributed by atoms with E-state index in [1.807, 2.05) is 13.8 Å². The van der Waals surface area contributed by atoms with Crippen LogP contribution in [0.1, 0.15) is 25.8 Å². The maximum absolute atomic E-state index is 14.0. The van der Waals surface area contributed by atoms with Crippen molar-refractivity contribution >= 4 is 0 Å². The first-order chi connectivity index (χ1) is 9.65. The summed E-state index contributed by atoms with van der Waals surface area (Å²) in [6.45, 7) is 4.39. The van der Waals surface area contributed by atoms with E-state index in [9.17, 15) is 4.39 Å². The highest BCUT2D eigenvalue weighted by molar-refractivity contribution is 5.44. The lowest BCUT2D eigenvalue weighted by molar-refractivity contribution is 0.144. The summed E-state index contributed by atoms with van der Waals surface area (Å²) < 4.78 is 24.8. The van der Waals surface area contributed by atoms with Crippen LogP contribution in [-0.2, 0) is 6.42 Å². The monoisotopic (exact) mass is 286 g/mol. The number of ether oxygens (including phenoxy) is 2. The molecule has 0 radical (unpaired) electrons. The minimum Gasteiger partial charge on any atom is -0.490 e. The molecule has 1 aromatic carbocycles. The van der Waals surface area contributed by atoms with Crippen LogP contribution in [-0.4, -0.2) is 36.6 Å². The van der Waals surface area contributed by atoms with E-state index >= 15 is 0 Å². The molecule has 114 valence electrons. The zero-order valence-electron chi connectivity index (χ0n) is 12.1. The van der Waals surface area contributed by atoms with Crippen LogP contribution < -0.4 is 9.47 Å². The summed E-state index contributed by atoms with van der Waals surface area (Å²) in [5, 5.41) is 18.1. The van der Waals surface area contributed by atoms with Gasteiger partial charge in [0.25, 0.3) is 0 Å². The molecule has 5 heteroatoms. The number of benzene rings is 1. The fraction of sp³-hybridized carbons (Fsp3) is 0.600. The van der Waals surface area contributed by atoms with E-state index in [1.54, 1.807) is 6.07 Å². The number of aryl methyl sites for hydroxylation is 1. The third-order valence-corrected chi connectivity index (χ3v) is 3.05. The van der Waals surface area contributed by atoms with E-state index in [1.165, 1.54) is 6.07 Å². The average Bonchev–Trinajstić information content (AvgIpc) is 2.44. The van der Waals surface area contributed by atoms with Crippen LogP contribution in [0.3, 0.4) is 0 Å². The van der Waals surface area contributed by atoms with Gasteiger partial charge in [-0.2, -0.15) is 0 Å². The summed E-state index contributed by atoms with van der Waals surface area (Å²) in [5.74, 6) is 0.342. The molecule has 0 aliphatic carbocycles. The summed E-state index contributed by atoms with van der Waals surface area (Å²) in [6, 6.07) is 2.96. The van der Waals surface area contributed by atoms with Crippen LogP contribution >= 0.6 is 0 Å². The maximum Gasteiger partial charge on any atom is 0.164 e. The first-order valence-electron chi connectivity index (χ1n) is 6.95. The number of hydrogen-bond acceptors (Lipinski definition) is 4. The van der Waals surface area contributed by atoms with Crippen LogP contribution in [0.2, 0.25) is 0 Å². The van der Waals surface area contributed by atoms with Crippen LogP contribution in [0.4, 0.5) is 4.39 Å². The van der Waals surface area contributed by atoms with Gasteiger partial charge < -0.3 is 19.7 Å². The third kappa shape index (κ3) is 4.65. The summed E-state index contributed by atoms with van der Waals surface area (Å²) in [4.78, 5) is 0. The van der Waals surface area contributed by atoms with Crippen molar-refractivity contribution in [1.82, 2.24) is 0 Å². The molecule has 0 aromatic heterocycles. The zero-order valence-corrected chi connectivity index (χ0v) is 12.1. The van der Waals surface area contributed by atoms with Gasteiger partial charge in [0.1, 0.15) is 5.82 Å². The van der Waals surface area contributed by atoms with Crippen LogP contribution in [0.25, 0.3) is 0 Å². The van der Waals surface area contributed by atoms with Gasteiger partial charge in [0.05, 0.1) is 13.2 Å². The number of hydrogen-bond donors (Lipinski definition) is 2. The molecule has 0 unspecified atom stereocenters. The average molecular weight is 286 g/mol. The lowest BCUT2D eigenvalue weighted by Gasteiger charge is -2.15. The molecule has 0 bridgehead atoms. The Bertz CT molecular complexity index is 405. The normalized spacial score (nSPS) is 10.9. The first kappa shape index (κ1) is 16.7. The standard InChI is InChI=1S/C15H23FO4/c1-3-19-14-7-12(6-5-11(9-17)10-18)13(16)8-15(14)20-4-2/h7-8,11,17-18H,3-6,9-10H2,1-2H3. The van der Waals surface area contributed by atoms with Crippen molar-refractivity contribution in [3.63, 3.8) is 0 Å². The van der Waals surface area contributed by atoms with Gasteiger partial charge in [0.2, 0.25) is 0 Å². The molecular formula is C15H23FO4. The Hall–Kier alpha value is -1.33. The molecule has 0 aliphatic heterocycles. The lowest BCUT2D eigenvalue weighted by atomic mass is 10.00. The molecule has 20 heavy (non-hydrogen) atoms. The second-order valence-corrected chi connectivity index (χ2v) is 4.53. The summed E-state index contributed by atoms with van der Waals surface area (Å²) in [7, 11) is 0. The highest BCUT2D eigenvalue weighted by Crippen LogP contribution is 2.31. The lowest BCUT2D eigenvalue weighted by Crippen LogP contribution is -2.12. The quantitative estimate of drug-likeness (QED) is 0.730. The number of rotatable bonds is 9. The third-order valence-electron chi connectivity index (χ3n) is 3.05. The second-order valence-electron chi connectivity index (χ2n) is 4.53. The minimum atomic E-state index is -0.355. The van der Waals surface area contributed by atoms with E-state index in [4.69, 9.17) is 19.7 Å². The minimum absolute atomic E-state index is 0.104. The molecule has 0 aliphatic rings. The van der Waals surface area contributed by atoms with Crippen LogP contribution in [0.15, 0.2) is 12.1 Å². The van der Waals surface area contributed by atoms with Gasteiger partial charge in [-0.15, -0.1) is 0 Å². The molecule has 0 atom stereocenters. The van der Waals surface area contributed by atoms with Gasteiger partial charge in [-0.1, -0.05) is 0 Å². The fourth-order valence-electron chi connectivity index (χ4n) is 1.91. The predicted molar refractivity (Wildman–Crippen MR) is 74.7 cm³/mol. The topological polar surface area (TPSA) is 58.9 Å². The van der Waals surface area contributed by atoms with Gasteiger partial charge >= 0.3 is 0 Å². The van der Waals surface area contributed by atoms with E-state index < -0.39 is 0 Å². The first-order valence-corrected chi connectivity index (χ1v) is 6.95. The van der Waals surface area contributed by atoms with E-state index in [0.29, 0.717) is 43.1 Å². The highest BCUT2D eigenvalue weighted by atomic mass is 19.1. The van der Waals surface area contributed by atoms with Crippen molar-refractivity contribution < 1.29 is 24.1 Å². The maximum atomic E-state index is 14.0. The zero-order chi connectivity index (χ0) is 15.0. The van der Waals surface area contributed by atoms with Crippen LogP contribution in [0, 0.1) is 11.7 Å². The number of halogens is 1. The van der Waals surface area contributed by atoms with Crippen molar-refractivity contribution in [1.29, 1.82) is 0 Å². The molecule has 2 N–H and O–H groups in total. The summed E-state index contributed by atoms with van der Waals surface area (Å²) >= 11 is 0. The van der Waals surface area contributed by atoms with Gasteiger partial charge in [-0.25, -0.2) is 4.39 Å².